The second-order valence-electron chi connectivity index (χ2n) is 4.77. The van der Waals surface area contributed by atoms with Crippen molar-refractivity contribution >= 4 is 0 Å². The van der Waals surface area contributed by atoms with E-state index in [0.29, 0.717) is 0 Å². The van der Waals surface area contributed by atoms with Crippen LogP contribution in [0, 0.1) is 5.92 Å². The van der Waals surface area contributed by atoms with Crippen molar-refractivity contribution in [2.45, 2.75) is 32.6 Å². The Hall–Kier alpha value is -1.02. The van der Waals surface area contributed by atoms with Gasteiger partial charge in [-0.1, -0.05) is 25.5 Å². The molecule has 1 aromatic carbocycles. The van der Waals surface area contributed by atoms with E-state index < -0.39 is 0 Å². The summed E-state index contributed by atoms with van der Waals surface area (Å²) in [5, 5.41) is 3.49. The predicted octanol–water partition coefficient (Wildman–Crippen LogP) is 3.19. The third-order valence-electron chi connectivity index (χ3n) is 3.75. The highest BCUT2D eigenvalue weighted by Gasteiger charge is 2.24. The summed E-state index contributed by atoms with van der Waals surface area (Å²) >= 11 is 0. The largest absolute Gasteiger partial charge is 0.494 e. The van der Waals surface area contributed by atoms with E-state index >= 15 is 0 Å². The molecular weight excluding hydrogens is 210 g/mol. The molecule has 2 nitrogen and oxygen atoms in total. The molecular formula is C15H23NO. The summed E-state index contributed by atoms with van der Waals surface area (Å²) in [6, 6.07) is 8.69. The van der Waals surface area contributed by atoms with Crippen LogP contribution in [-0.4, -0.2) is 19.7 Å². The zero-order chi connectivity index (χ0) is 12.1. The van der Waals surface area contributed by atoms with E-state index in [1.54, 1.807) is 0 Å². The van der Waals surface area contributed by atoms with Gasteiger partial charge in [0.2, 0.25) is 0 Å². The van der Waals surface area contributed by atoms with Gasteiger partial charge >= 0.3 is 0 Å². The van der Waals surface area contributed by atoms with Crippen molar-refractivity contribution in [2.24, 2.45) is 5.92 Å². The number of nitrogens with one attached hydrogen (secondary N) is 1. The van der Waals surface area contributed by atoms with Crippen molar-refractivity contribution < 1.29 is 4.74 Å². The summed E-state index contributed by atoms with van der Waals surface area (Å²) in [6.45, 7) is 7.36. The first-order valence-corrected chi connectivity index (χ1v) is 6.78. The van der Waals surface area contributed by atoms with Crippen molar-refractivity contribution in [3.63, 3.8) is 0 Å². The van der Waals surface area contributed by atoms with Crippen LogP contribution in [0.25, 0.3) is 0 Å². The van der Waals surface area contributed by atoms with Crippen LogP contribution in [0.15, 0.2) is 24.3 Å². The van der Waals surface area contributed by atoms with Gasteiger partial charge in [0.1, 0.15) is 5.75 Å². The zero-order valence-corrected chi connectivity index (χ0v) is 10.9. The van der Waals surface area contributed by atoms with Crippen LogP contribution < -0.4 is 10.1 Å². The van der Waals surface area contributed by atoms with E-state index in [4.69, 9.17) is 4.74 Å². The van der Waals surface area contributed by atoms with Crippen molar-refractivity contribution in [1.82, 2.24) is 5.32 Å². The smallest absolute Gasteiger partial charge is 0.119 e. The molecule has 1 heterocycles. The molecule has 94 valence electrons. The molecule has 2 rings (SSSR count). The SMILES string of the molecule is CCOc1ccc(C2CCNCC2CC)cc1. The van der Waals surface area contributed by atoms with Gasteiger partial charge in [0, 0.05) is 0 Å². The molecule has 1 aliphatic rings. The quantitative estimate of drug-likeness (QED) is 0.862. The van der Waals surface area contributed by atoms with E-state index in [1.807, 2.05) is 6.92 Å². The van der Waals surface area contributed by atoms with Gasteiger partial charge in [-0.3, -0.25) is 0 Å². The standard InChI is InChI=1S/C15H23NO/c1-3-12-11-16-10-9-15(12)13-5-7-14(8-6-13)17-4-2/h5-8,12,15-16H,3-4,9-11H2,1-2H3. The van der Waals surface area contributed by atoms with Gasteiger partial charge in [-0.05, 0) is 56.0 Å². The molecule has 0 aliphatic carbocycles. The first kappa shape index (κ1) is 12.4. The fourth-order valence-corrected chi connectivity index (χ4v) is 2.77. The minimum absolute atomic E-state index is 0.719. The van der Waals surface area contributed by atoms with Crippen LogP contribution in [0.1, 0.15) is 38.2 Å². The van der Waals surface area contributed by atoms with Crippen molar-refractivity contribution in [3.05, 3.63) is 29.8 Å². The Bertz CT molecular complexity index is 333. The lowest BCUT2D eigenvalue weighted by atomic mass is 9.80. The van der Waals surface area contributed by atoms with E-state index in [1.165, 1.54) is 18.4 Å². The Morgan fingerprint density at radius 3 is 2.65 bits per heavy atom. The van der Waals surface area contributed by atoms with Crippen LogP contribution in [0.5, 0.6) is 5.75 Å². The number of ether oxygens (including phenoxy) is 1. The van der Waals surface area contributed by atoms with Crippen molar-refractivity contribution in [3.8, 4) is 5.75 Å². The molecule has 1 saturated heterocycles. The minimum Gasteiger partial charge on any atom is -0.494 e. The van der Waals surface area contributed by atoms with Crippen LogP contribution in [0.4, 0.5) is 0 Å². The van der Waals surface area contributed by atoms with Gasteiger partial charge < -0.3 is 10.1 Å². The summed E-state index contributed by atoms with van der Waals surface area (Å²) in [5.74, 6) is 2.48. The summed E-state index contributed by atoms with van der Waals surface area (Å²) in [6.07, 6.45) is 2.51. The third-order valence-corrected chi connectivity index (χ3v) is 3.75. The molecule has 0 bridgehead atoms. The molecule has 1 fully saturated rings. The van der Waals surface area contributed by atoms with Crippen LogP contribution in [-0.2, 0) is 0 Å². The first-order chi connectivity index (χ1) is 8.35. The van der Waals surface area contributed by atoms with E-state index in [0.717, 1.165) is 37.3 Å². The number of piperidine rings is 1. The Morgan fingerprint density at radius 1 is 1.24 bits per heavy atom. The van der Waals surface area contributed by atoms with Gasteiger partial charge in [0.05, 0.1) is 6.61 Å². The van der Waals surface area contributed by atoms with Crippen LogP contribution in [0.3, 0.4) is 0 Å². The third kappa shape index (κ3) is 3.01. The molecule has 1 N–H and O–H groups in total. The van der Waals surface area contributed by atoms with Crippen LogP contribution >= 0.6 is 0 Å². The number of hydrogen-bond acceptors (Lipinski definition) is 2. The highest BCUT2D eigenvalue weighted by Crippen LogP contribution is 2.32. The molecule has 2 atom stereocenters. The Kier molecular flexibility index (Phi) is 4.43. The average Bonchev–Trinajstić information content (AvgIpc) is 2.40. The fraction of sp³-hybridized carbons (Fsp3) is 0.600. The van der Waals surface area contributed by atoms with Gasteiger partial charge in [-0.15, -0.1) is 0 Å². The summed E-state index contributed by atoms with van der Waals surface area (Å²) in [5.41, 5.74) is 1.47. The number of benzene rings is 1. The molecule has 2 heteroatoms. The second kappa shape index (κ2) is 6.06. The molecule has 0 amide bonds. The Morgan fingerprint density at radius 2 is 2.00 bits per heavy atom. The monoisotopic (exact) mass is 233 g/mol. The molecule has 1 aromatic rings. The maximum absolute atomic E-state index is 5.49. The van der Waals surface area contributed by atoms with E-state index in [2.05, 4.69) is 36.5 Å². The lowest BCUT2D eigenvalue weighted by Gasteiger charge is -2.32. The van der Waals surface area contributed by atoms with Gasteiger partial charge in [-0.2, -0.15) is 0 Å². The highest BCUT2D eigenvalue weighted by atomic mass is 16.5. The van der Waals surface area contributed by atoms with Crippen molar-refractivity contribution in [2.75, 3.05) is 19.7 Å². The predicted molar refractivity (Wildman–Crippen MR) is 71.6 cm³/mol. The molecule has 0 saturated carbocycles. The molecule has 2 unspecified atom stereocenters. The molecule has 17 heavy (non-hydrogen) atoms. The number of hydrogen-bond donors (Lipinski definition) is 1. The molecule has 1 aliphatic heterocycles. The minimum atomic E-state index is 0.719. The zero-order valence-electron chi connectivity index (χ0n) is 10.9. The van der Waals surface area contributed by atoms with Crippen molar-refractivity contribution in [1.29, 1.82) is 0 Å². The summed E-state index contributed by atoms with van der Waals surface area (Å²) in [4.78, 5) is 0. The van der Waals surface area contributed by atoms with E-state index in [-0.39, 0.29) is 0 Å². The van der Waals surface area contributed by atoms with Gasteiger partial charge in [0.15, 0.2) is 0 Å². The Labute approximate surface area is 104 Å². The fourth-order valence-electron chi connectivity index (χ4n) is 2.77. The van der Waals surface area contributed by atoms with Gasteiger partial charge in [0.25, 0.3) is 0 Å². The molecule has 0 spiro atoms. The Balaban J connectivity index is 2.09. The summed E-state index contributed by atoms with van der Waals surface area (Å²) < 4.78 is 5.49. The number of rotatable bonds is 4. The topological polar surface area (TPSA) is 21.3 Å². The maximum Gasteiger partial charge on any atom is 0.119 e. The molecule has 0 radical (unpaired) electrons. The maximum atomic E-state index is 5.49. The van der Waals surface area contributed by atoms with Gasteiger partial charge in [-0.25, -0.2) is 0 Å². The summed E-state index contributed by atoms with van der Waals surface area (Å²) in [7, 11) is 0. The van der Waals surface area contributed by atoms with E-state index in [9.17, 15) is 0 Å². The highest BCUT2D eigenvalue weighted by molar-refractivity contribution is 5.30. The second-order valence-corrected chi connectivity index (χ2v) is 4.77. The lowest BCUT2D eigenvalue weighted by Crippen LogP contribution is -2.35. The normalized spacial score (nSPS) is 24.6. The molecule has 0 aromatic heterocycles. The van der Waals surface area contributed by atoms with Crippen LogP contribution in [0.2, 0.25) is 0 Å². The first-order valence-electron chi connectivity index (χ1n) is 6.78. The average molecular weight is 233 g/mol. The lowest BCUT2D eigenvalue weighted by molar-refractivity contribution is 0.316.